The molecule has 0 atom stereocenters. The Kier molecular flexibility index (Phi) is 6.47. The smallest absolute Gasteiger partial charge is 0.0639 e. The Morgan fingerprint density at radius 1 is 1.00 bits per heavy atom. The molecule has 4 nitrogen and oxygen atoms in total. The van der Waals surface area contributed by atoms with Crippen LogP contribution in [0.2, 0.25) is 5.02 Å². The van der Waals surface area contributed by atoms with Crippen molar-refractivity contribution in [2.24, 2.45) is 0 Å². The second-order valence-corrected chi connectivity index (χ2v) is 6.57. The van der Waals surface area contributed by atoms with E-state index in [-0.39, 0.29) is 0 Å². The summed E-state index contributed by atoms with van der Waals surface area (Å²) in [7, 11) is 0. The summed E-state index contributed by atoms with van der Waals surface area (Å²) < 4.78 is 0. The summed E-state index contributed by atoms with van der Waals surface area (Å²) in [6.45, 7) is 7.43. The molecular weight excluding hydrogens is 320 g/mol. The second kappa shape index (κ2) is 9.02. The first-order valence-electron chi connectivity index (χ1n) is 8.64. The Hall–Kier alpha value is -1.62. The van der Waals surface area contributed by atoms with Gasteiger partial charge in [-0.25, -0.2) is 0 Å². The molecule has 1 aliphatic heterocycles. The summed E-state index contributed by atoms with van der Waals surface area (Å²) in [5.41, 5.74) is 2.45. The van der Waals surface area contributed by atoms with Gasteiger partial charge in [0.1, 0.15) is 0 Å². The highest BCUT2D eigenvalue weighted by atomic mass is 35.5. The van der Waals surface area contributed by atoms with E-state index in [2.05, 4.69) is 44.4 Å². The summed E-state index contributed by atoms with van der Waals surface area (Å²) in [4.78, 5) is 8.97. The van der Waals surface area contributed by atoms with Gasteiger partial charge >= 0.3 is 0 Å². The van der Waals surface area contributed by atoms with Crippen LogP contribution >= 0.6 is 11.6 Å². The topological polar surface area (TPSA) is 31.4 Å². The number of halogens is 1. The quantitative estimate of drug-likeness (QED) is 0.782. The molecule has 0 radical (unpaired) electrons. The summed E-state index contributed by atoms with van der Waals surface area (Å²) in [6, 6.07) is 12.2. The molecule has 0 aliphatic carbocycles. The molecule has 0 bridgehead atoms. The maximum Gasteiger partial charge on any atom is 0.0639 e. The predicted molar refractivity (Wildman–Crippen MR) is 101 cm³/mol. The van der Waals surface area contributed by atoms with Crippen LogP contribution in [0.3, 0.4) is 0 Å². The molecule has 3 rings (SSSR count). The fourth-order valence-corrected chi connectivity index (χ4v) is 3.34. The Morgan fingerprint density at radius 2 is 1.75 bits per heavy atom. The predicted octanol–water partition coefficient (Wildman–Crippen LogP) is 3.04. The van der Waals surface area contributed by atoms with E-state index in [1.54, 1.807) is 0 Å². The molecule has 0 unspecified atom stereocenters. The van der Waals surface area contributed by atoms with Crippen LogP contribution in [-0.2, 0) is 6.54 Å². The fraction of sp³-hybridized carbons (Fsp3) is 0.421. The molecule has 0 spiro atoms. The van der Waals surface area contributed by atoms with Gasteiger partial charge in [0.15, 0.2) is 0 Å². The third-order valence-electron chi connectivity index (χ3n) is 4.47. The normalized spacial score (nSPS) is 15.6. The maximum absolute atomic E-state index is 6.30. The lowest BCUT2D eigenvalue weighted by atomic mass is 10.2. The number of anilines is 1. The maximum atomic E-state index is 6.30. The van der Waals surface area contributed by atoms with Crippen molar-refractivity contribution in [3.8, 4) is 0 Å². The highest BCUT2D eigenvalue weighted by molar-refractivity contribution is 6.33. The molecule has 1 N–H and O–H groups in total. The number of nitrogens with one attached hydrogen (secondary N) is 1. The molecule has 1 aromatic heterocycles. The van der Waals surface area contributed by atoms with Gasteiger partial charge in [0.25, 0.3) is 0 Å². The van der Waals surface area contributed by atoms with Crippen LogP contribution in [0, 0.1) is 0 Å². The molecule has 1 saturated heterocycles. The molecule has 0 saturated carbocycles. The number of aromatic nitrogens is 1. The van der Waals surface area contributed by atoms with E-state index in [0.717, 1.165) is 56.5 Å². The third-order valence-corrected chi connectivity index (χ3v) is 4.79. The minimum Gasteiger partial charge on any atom is -0.368 e. The molecule has 2 aromatic rings. The Labute approximate surface area is 149 Å². The number of nitrogens with zero attached hydrogens (tertiary/aromatic N) is 3. The van der Waals surface area contributed by atoms with E-state index in [0.29, 0.717) is 0 Å². The Balaban J connectivity index is 1.32. The first-order valence-corrected chi connectivity index (χ1v) is 9.02. The Bertz CT molecular complexity index is 612. The number of hydrogen-bond donors (Lipinski definition) is 1. The van der Waals surface area contributed by atoms with Crippen LogP contribution in [0.1, 0.15) is 12.0 Å². The zero-order valence-corrected chi connectivity index (χ0v) is 14.8. The first-order chi connectivity index (χ1) is 11.8. The van der Waals surface area contributed by atoms with Crippen molar-refractivity contribution in [1.82, 2.24) is 15.2 Å². The average molecular weight is 345 g/mol. The fourth-order valence-electron chi connectivity index (χ4n) is 3.08. The minimum absolute atomic E-state index is 0.853. The van der Waals surface area contributed by atoms with E-state index >= 15 is 0 Å². The van der Waals surface area contributed by atoms with Crippen molar-refractivity contribution < 1.29 is 0 Å². The monoisotopic (exact) mass is 344 g/mol. The lowest BCUT2D eigenvalue weighted by Crippen LogP contribution is -2.47. The van der Waals surface area contributed by atoms with Gasteiger partial charge in [-0.15, -0.1) is 0 Å². The summed E-state index contributed by atoms with van der Waals surface area (Å²) in [5, 5.41) is 4.35. The van der Waals surface area contributed by atoms with Crippen LogP contribution in [0.15, 0.2) is 48.8 Å². The van der Waals surface area contributed by atoms with E-state index in [1.165, 1.54) is 12.0 Å². The van der Waals surface area contributed by atoms with Gasteiger partial charge in [-0.1, -0.05) is 23.7 Å². The molecule has 1 aliphatic rings. The molecule has 0 amide bonds. The van der Waals surface area contributed by atoms with Crippen molar-refractivity contribution in [3.63, 3.8) is 0 Å². The molecule has 2 heterocycles. The van der Waals surface area contributed by atoms with Gasteiger partial charge in [-0.05, 0) is 49.3 Å². The zero-order valence-electron chi connectivity index (χ0n) is 14.0. The van der Waals surface area contributed by atoms with Gasteiger partial charge in [0.05, 0.1) is 10.7 Å². The van der Waals surface area contributed by atoms with Crippen molar-refractivity contribution >= 4 is 17.3 Å². The first kappa shape index (κ1) is 17.2. The minimum atomic E-state index is 0.853. The Morgan fingerprint density at radius 3 is 2.50 bits per heavy atom. The number of hydrogen-bond acceptors (Lipinski definition) is 4. The van der Waals surface area contributed by atoms with E-state index in [1.807, 2.05) is 24.5 Å². The molecule has 5 heteroatoms. The van der Waals surface area contributed by atoms with Crippen LogP contribution in [-0.4, -0.2) is 49.2 Å². The van der Waals surface area contributed by atoms with Crippen LogP contribution in [0.25, 0.3) is 0 Å². The average Bonchev–Trinajstić information content (AvgIpc) is 2.63. The second-order valence-electron chi connectivity index (χ2n) is 6.17. The highest BCUT2D eigenvalue weighted by Gasteiger charge is 2.18. The molecule has 24 heavy (non-hydrogen) atoms. The van der Waals surface area contributed by atoms with Crippen LogP contribution in [0.5, 0.6) is 0 Å². The van der Waals surface area contributed by atoms with Crippen molar-refractivity contribution in [2.75, 3.05) is 44.2 Å². The van der Waals surface area contributed by atoms with E-state index < -0.39 is 0 Å². The van der Waals surface area contributed by atoms with Gasteiger partial charge in [-0.2, -0.15) is 0 Å². The molecule has 128 valence electrons. The lowest BCUT2D eigenvalue weighted by molar-refractivity contribution is 0.254. The SMILES string of the molecule is Clc1ccccc1N1CCN(CCCNCc2ccncc2)CC1. The third kappa shape index (κ3) is 4.94. The van der Waals surface area contributed by atoms with Crippen molar-refractivity contribution in [3.05, 3.63) is 59.4 Å². The molecule has 1 aromatic carbocycles. The number of pyridine rings is 1. The summed E-state index contributed by atoms with van der Waals surface area (Å²) in [6.07, 6.45) is 4.86. The van der Waals surface area contributed by atoms with Gasteiger partial charge in [-0.3, -0.25) is 9.88 Å². The highest BCUT2D eigenvalue weighted by Crippen LogP contribution is 2.25. The van der Waals surface area contributed by atoms with Crippen molar-refractivity contribution in [1.29, 1.82) is 0 Å². The lowest BCUT2D eigenvalue weighted by Gasteiger charge is -2.36. The standard InChI is InChI=1S/C19H25ClN4/c20-18-4-1-2-5-19(18)24-14-12-23(13-15-24)11-3-8-22-16-17-6-9-21-10-7-17/h1-2,4-7,9-10,22H,3,8,11-16H2. The number of piperazine rings is 1. The molecule has 1 fully saturated rings. The summed E-state index contributed by atoms with van der Waals surface area (Å²) >= 11 is 6.30. The molecular formula is C19H25ClN4. The largest absolute Gasteiger partial charge is 0.368 e. The number of benzene rings is 1. The number of rotatable bonds is 7. The van der Waals surface area contributed by atoms with Gasteiger partial charge in [0, 0.05) is 45.1 Å². The zero-order chi connectivity index (χ0) is 16.6. The number of para-hydroxylation sites is 1. The van der Waals surface area contributed by atoms with Crippen LogP contribution < -0.4 is 10.2 Å². The van der Waals surface area contributed by atoms with E-state index in [9.17, 15) is 0 Å². The van der Waals surface area contributed by atoms with Crippen LogP contribution in [0.4, 0.5) is 5.69 Å². The van der Waals surface area contributed by atoms with Gasteiger partial charge in [0.2, 0.25) is 0 Å². The van der Waals surface area contributed by atoms with E-state index in [4.69, 9.17) is 11.6 Å². The summed E-state index contributed by atoms with van der Waals surface area (Å²) in [5.74, 6) is 0. The van der Waals surface area contributed by atoms with Crippen molar-refractivity contribution in [2.45, 2.75) is 13.0 Å². The van der Waals surface area contributed by atoms with Gasteiger partial charge < -0.3 is 10.2 Å².